The molecule has 6 nitrogen and oxygen atoms in total. The number of pyridine rings is 1. The van der Waals surface area contributed by atoms with Crippen molar-refractivity contribution >= 4 is 16.9 Å². The Morgan fingerprint density at radius 1 is 0.732 bits per heavy atom. The smallest absolute Gasteiger partial charge is 0.196 e. The summed E-state index contributed by atoms with van der Waals surface area (Å²) in [7, 11) is 0. The number of rotatable bonds is 6. The van der Waals surface area contributed by atoms with E-state index in [0.29, 0.717) is 0 Å². The van der Waals surface area contributed by atoms with Gasteiger partial charge < -0.3 is 19.3 Å². The monoisotopic (exact) mass is 544 g/mol. The largest absolute Gasteiger partial charge is 0.472 e. The molecule has 7 rings (SSSR count). The first-order chi connectivity index (χ1) is 20.0. The van der Waals surface area contributed by atoms with Gasteiger partial charge in [-0.15, -0.1) is 0 Å². The molecule has 1 atom stereocenters. The molecule has 2 aliphatic heterocycles. The van der Waals surface area contributed by atoms with E-state index in [9.17, 15) is 0 Å². The molecule has 2 aliphatic rings. The third-order valence-electron chi connectivity index (χ3n) is 8.71. The molecule has 0 radical (unpaired) electrons. The van der Waals surface area contributed by atoms with Crippen LogP contribution in [0.1, 0.15) is 49.9 Å². The number of aromatic nitrogens is 2. The van der Waals surface area contributed by atoms with E-state index >= 15 is 0 Å². The van der Waals surface area contributed by atoms with Gasteiger partial charge in [-0.2, -0.15) is 5.10 Å². The Balaban J connectivity index is 1.60. The molecule has 1 unspecified atom stereocenters. The van der Waals surface area contributed by atoms with Crippen molar-refractivity contribution in [1.29, 1.82) is 0 Å². The van der Waals surface area contributed by atoms with E-state index in [1.54, 1.807) is 0 Å². The molecule has 0 saturated carbocycles. The molecule has 2 aromatic heterocycles. The molecule has 0 bridgehead atoms. The summed E-state index contributed by atoms with van der Waals surface area (Å²) in [5.41, 5.74) is 8.53. The Morgan fingerprint density at radius 3 is 2.20 bits per heavy atom. The van der Waals surface area contributed by atoms with Gasteiger partial charge in [0.25, 0.3) is 0 Å². The number of hydrogen-bond donors (Lipinski definition) is 0. The van der Waals surface area contributed by atoms with Crippen LogP contribution in [0.2, 0.25) is 0 Å². The Hall–Kier alpha value is -4.45. The van der Waals surface area contributed by atoms with Crippen molar-refractivity contribution in [3.8, 4) is 28.5 Å². The van der Waals surface area contributed by atoms with Crippen molar-refractivity contribution in [2.75, 3.05) is 36.0 Å². The summed E-state index contributed by atoms with van der Waals surface area (Å²) in [6.07, 6.45) is 2.02. The lowest BCUT2D eigenvalue weighted by molar-refractivity contribution is 0.139. The van der Waals surface area contributed by atoms with Crippen molar-refractivity contribution in [3.05, 3.63) is 101 Å². The number of aryl methyl sites for hydroxylation is 1. The minimum absolute atomic E-state index is 0.807. The summed E-state index contributed by atoms with van der Waals surface area (Å²) in [6, 6.07) is 25.7. The summed E-state index contributed by atoms with van der Waals surface area (Å²) < 4.78 is 16.1. The number of ether oxygens (including phenoxy) is 2. The molecule has 1 spiro atoms. The molecule has 41 heavy (non-hydrogen) atoms. The van der Waals surface area contributed by atoms with Gasteiger partial charge in [0.05, 0.1) is 11.1 Å². The van der Waals surface area contributed by atoms with Gasteiger partial charge in [-0.05, 0) is 89.2 Å². The maximum atomic E-state index is 7.35. The molecule has 4 heterocycles. The summed E-state index contributed by atoms with van der Waals surface area (Å²) in [6.45, 7) is 14.5. The van der Waals surface area contributed by atoms with Crippen LogP contribution in [0.25, 0.3) is 16.8 Å². The van der Waals surface area contributed by atoms with Crippen molar-refractivity contribution in [2.24, 2.45) is 0 Å². The minimum Gasteiger partial charge on any atom is -0.472 e. The molecular weight excluding hydrogens is 508 g/mol. The van der Waals surface area contributed by atoms with E-state index in [1.807, 2.05) is 16.8 Å². The third kappa shape index (κ3) is 3.66. The highest BCUT2D eigenvalue weighted by Crippen LogP contribution is 2.59. The van der Waals surface area contributed by atoms with Crippen molar-refractivity contribution in [2.45, 2.75) is 40.2 Å². The first-order valence-corrected chi connectivity index (χ1v) is 14.8. The van der Waals surface area contributed by atoms with Crippen molar-refractivity contribution < 1.29 is 9.47 Å². The van der Waals surface area contributed by atoms with Crippen LogP contribution in [0.5, 0.6) is 17.2 Å². The zero-order chi connectivity index (χ0) is 28.3. The lowest BCUT2D eigenvalue weighted by atomic mass is 9.74. The van der Waals surface area contributed by atoms with Gasteiger partial charge in [-0.1, -0.05) is 17.7 Å². The van der Waals surface area contributed by atoms with Crippen LogP contribution in [0, 0.1) is 6.92 Å². The Kier molecular flexibility index (Phi) is 5.96. The fourth-order valence-corrected chi connectivity index (χ4v) is 6.65. The van der Waals surface area contributed by atoms with Crippen LogP contribution in [-0.2, 0) is 5.60 Å². The van der Waals surface area contributed by atoms with Crippen LogP contribution in [0.15, 0.2) is 79.0 Å². The second-order valence-electron chi connectivity index (χ2n) is 10.8. The molecule has 0 aliphatic carbocycles. The number of anilines is 2. The normalized spacial score (nSPS) is 16.3. The van der Waals surface area contributed by atoms with Crippen LogP contribution < -0.4 is 19.3 Å². The van der Waals surface area contributed by atoms with Crippen LogP contribution in [0.3, 0.4) is 0 Å². The van der Waals surface area contributed by atoms with Gasteiger partial charge in [0, 0.05) is 66.5 Å². The minimum atomic E-state index is -0.950. The van der Waals surface area contributed by atoms with Gasteiger partial charge in [-0.3, -0.25) is 0 Å². The van der Waals surface area contributed by atoms with Crippen molar-refractivity contribution in [1.82, 2.24) is 9.61 Å². The number of fused-ring (bicyclic) bond motifs is 10. The van der Waals surface area contributed by atoms with Gasteiger partial charge in [0.1, 0.15) is 22.9 Å². The maximum absolute atomic E-state index is 7.35. The predicted octanol–water partition coefficient (Wildman–Crippen LogP) is 7.79. The number of hydrogen-bond acceptors (Lipinski definition) is 5. The van der Waals surface area contributed by atoms with E-state index in [4.69, 9.17) is 14.6 Å². The van der Waals surface area contributed by atoms with Crippen LogP contribution in [-0.4, -0.2) is 35.8 Å². The van der Waals surface area contributed by atoms with Crippen molar-refractivity contribution in [3.63, 3.8) is 0 Å². The Labute approximate surface area is 241 Å². The van der Waals surface area contributed by atoms with Crippen LogP contribution in [0.4, 0.5) is 11.4 Å². The first-order valence-electron chi connectivity index (χ1n) is 14.8. The Morgan fingerprint density at radius 2 is 1.44 bits per heavy atom. The molecular formula is C35H36N4O2. The van der Waals surface area contributed by atoms with Gasteiger partial charge in [0.2, 0.25) is 0 Å². The fraction of sp³-hybridized carbons (Fsp3) is 0.286. The quantitative estimate of drug-likeness (QED) is 0.218. The summed E-state index contributed by atoms with van der Waals surface area (Å²) >= 11 is 0. The molecule has 0 fully saturated rings. The topological polar surface area (TPSA) is 42.2 Å². The summed E-state index contributed by atoms with van der Waals surface area (Å²) in [5, 5.41) is 5.17. The van der Waals surface area contributed by atoms with Gasteiger partial charge >= 0.3 is 0 Å². The average molecular weight is 545 g/mol. The summed E-state index contributed by atoms with van der Waals surface area (Å²) in [4.78, 5) is 4.71. The van der Waals surface area contributed by atoms with E-state index in [-0.39, 0.29) is 0 Å². The Bertz CT molecular complexity index is 1780. The third-order valence-corrected chi connectivity index (χ3v) is 8.71. The zero-order valence-corrected chi connectivity index (χ0v) is 24.4. The van der Waals surface area contributed by atoms with Gasteiger partial charge in [0.15, 0.2) is 5.60 Å². The standard InChI is InChI=1S/C35H36N4O2/c1-6-37(7-2)24-15-18-31-28(21-24)35(27-16-14-25(22-32(27)40-31)38(8-3)9-4)33-29-12-10-11-19-39(29)36-34(33)26-20-23(5)13-17-30(26)41-35/h10-22H,6-9H2,1-5H3. The molecule has 0 amide bonds. The second-order valence-corrected chi connectivity index (χ2v) is 10.8. The highest BCUT2D eigenvalue weighted by molar-refractivity contribution is 5.86. The van der Waals surface area contributed by atoms with E-state index in [0.717, 1.165) is 88.3 Å². The predicted molar refractivity (Wildman–Crippen MR) is 166 cm³/mol. The molecule has 208 valence electrons. The fourth-order valence-electron chi connectivity index (χ4n) is 6.65. The lowest BCUT2D eigenvalue weighted by Gasteiger charge is -2.43. The second kappa shape index (κ2) is 9.58. The molecule has 6 heteroatoms. The van der Waals surface area contributed by atoms with E-state index < -0.39 is 5.60 Å². The molecule has 3 aromatic carbocycles. The number of benzene rings is 3. The maximum Gasteiger partial charge on any atom is 0.196 e. The molecule has 0 N–H and O–H groups in total. The highest BCUT2D eigenvalue weighted by Gasteiger charge is 2.53. The zero-order valence-electron chi connectivity index (χ0n) is 24.4. The van der Waals surface area contributed by atoms with E-state index in [2.05, 4.69) is 111 Å². The lowest BCUT2D eigenvalue weighted by Crippen LogP contribution is -2.41. The average Bonchev–Trinajstić information content (AvgIpc) is 3.40. The highest BCUT2D eigenvalue weighted by atomic mass is 16.5. The molecule has 0 saturated heterocycles. The van der Waals surface area contributed by atoms with E-state index in [1.165, 1.54) is 5.56 Å². The number of nitrogens with zero attached hydrogens (tertiary/aromatic N) is 4. The molecule has 5 aromatic rings. The van der Waals surface area contributed by atoms with Crippen LogP contribution >= 0.6 is 0 Å². The SMILES string of the molecule is CCN(CC)c1ccc2c(c1)Oc1ccc(N(CC)CC)cc1C21Oc2ccc(C)cc2-c2nn3ccccc3c21. The summed E-state index contributed by atoms with van der Waals surface area (Å²) in [5.74, 6) is 2.45. The first kappa shape index (κ1) is 25.5. The van der Waals surface area contributed by atoms with Gasteiger partial charge in [-0.25, -0.2) is 4.52 Å².